The van der Waals surface area contributed by atoms with Gasteiger partial charge in [-0.2, -0.15) is 0 Å². The van der Waals surface area contributed by atoms with Gasteiger partial charge in [0.25, 0.3) is 0 Å². The molecule has 0 aliphatic heterocycles. The summed E-state index contributed by atoms with van der Waals surface area (Å²) in [5.74, 6) is -0.819. The van der Waals surface area contributed by atoms with Crippen molar-refractivity contribution < 1.29 is 13.6 Å². The first-order chi connectivity index (χ1) is 9.16. The Morgan fingerprint density at radius 2 is 2.05 bits per heavy atom. The molecule has 0 aliphatic rings. The van der Waals surface area contributed by atoms with E-state index in [-0.39, 0.29) is 5.78 Å². The van der Waals surface area contributed by atoms with E-state index in [1.165, 1.54) is 29.2 Å². The highest BCUT2D eigenvalue weighted by Crippen LogP contribution is 2.22. The van der Waals surface area contributed by atoms with E-state index in [1.54, 1.807) is 6.07 Å². The lowest BCUT2D eigenvalue weighted by Gasteiger charge is -2.02. The molecular weight excluding hydrogens is 286 g/mol. The first-order valence-electron chi connectivity index (χ1n) is 5.81. The van der Waals surface area contributed by atoms with Crippen LogP contribution in [-0.4, -0.2) is 11.5 Å². The number of halogens is 2. The first kappa shape index (κ1) is 14.2. The van der Waals surface area contributed by atoms with Gasteiger partial charge in [-0.1, -0.05) is 6.07 Å². The summed E-state index contributed by atoms with van der Waals surface area (Å²) in [5, 5.41) is 1.88. The molecule has 5 heteroatoms. The highest BCUT2D eigenvalue weighted by atomic mass is 32.2. The average Bonchev–Trinajstić information content (AvgIpc) is 2.92. The van der Waals surface area contributed by atoms with Crippen molar-refractivity contribution in [3.8, 4) is 0 Å². The molecule has 2 aromatic rings. The number of hydrogen-bond donors (Lipinski definition) is 0. The van der Waals surface area contributed by atoms with Gasteiger partial charge in [-0.15, -0.1) is 23.1 Å². The van der Waals surface area contributed by atoms with Crippen molar-refractivity contribution in [3.63, 3.8) is 0 Å². The zero-order valence-corrected chi connectivity index (χ0v) is 11.7. The predicted molar refractivity (Wildman–Crippen MR) is 75.0 cm³/mol. The van der Waals surface area contributed by atoms with Gasteiger partial charge in [0.2, 0.25) is 0 Å². The molecule has 0 unspecified atom stereocenters. The van der Waals surface area contributed by atoms with Crippen molar-refractivity contribution in [2.75, 3.05) is 5.75 Å². The molecule has 0 radical (unpaired) electrons. The Kier molecular flexibility index (Phi) is 5.10. The van der Waals surface area contributed by atoms with Crippen LogP contribution in [0.3, 0.4) is 0 Å². The molecule has 2 rings (SSSR count). The largest absolute Gasteiger partial charge is 0.293 e. The molecule has 0 fully saturated rings. The summed E-state index contributed by atoms with van der Waals surface area (Å²) in [4.78, 5) is 13.2. The highest BCUT2D eigenvalue weighted by Gasteiger charge is 2.07. The minimum absolute atomic E-state index is 0.140. The van der Waals surface area contributed by atoms with Crippen molar-refractivity contribution in [2.24, 2.45) is 0 Å². The van der Waals surface area contributed by atoms with Crippen molar-refractivity contribution >= 4 is 28.9 Å². The third kappa shape index (κ3) is 4.14. The fourth-order valence-corrected chi connectivity index (χ4v) is 3.12. The van der Waals surface area contributed by atoms with Crippen LogP contribution in [0, 0.1) is 11.6 Å². The normalized spacial score (nSPS) is 10.6. The molecule has 0 spiro atoms. The molecule has 0 amide bonds. The Morgan fingerprint density at radius 3 is 2.74 bits per heavy atom. The van der Waals surface area contributed by atoms with E-state index in [0.717, 1.165) is 17.4 Å². The molecule has 1 aromatic carbocycles. The van der Waals surface area contributed by atoms with Crippen LogP contribution < -0.4 is 0 Å². The van der Waals surface area contributed by atoms with Gasteiger partial charge in [0.05, 0.1) is 4.88 Å². The Labute approximate surface area is 118 Å². The first-order valence-corrected chi connectivity index (χ1v) is 7.68. The Hall–Kier alpha value is -1.20. The van der Waals surface area contributed by atoms with E-state index in [9.17, 15) is 13.6 Å². The van der Waals surface area contributed by atoms with Gasteiger partial charge in [-0.25, -0.2) is 8.78 Å². The summed E-state index contributed by atoms with van der Waals surface area (Å²) < 4.78 is 25.7. The van der Waals surface area contributed by atoms with Crippen LogP contribution in [0.25, 0.3) is 0 Å². The number of ketones is 1. The van der Waals surface area contributed by atoms with E-state index >= 15 is 0 Å². The third-order valence-corrected chi connectivity index (χ3v) is 4.49. The van der Waals surface area contributed by atoms with Crippen molar-refractivity contribution in [2.45, 2.75) is 17.7 Å². The number of rotatable bonds is 6. The van der Waals surface area contributed by atoms with Crippen LogP contribution >= 0.6 is 23.1 Å². The summed E-state index contributed by atoms with van der Waals surface area (Å²) in [5.41, 5.74) is 0. The molecule has 100 valence electrons. The maximum atomic E-state index is 13.0. The Morgan fingerprint density at radius 1 is 1.21 bits per heavy atom. The monoisotopic (exact) mass is 298 g/mol. The zero-order chi connectivity index (χ0) is 13.7. The Balaban J connectivity index is 1.75. The van der Waals surface area contributed by atoms with Gasteiger partial charge in [0.15, 0.2) is 17.4 Å². The van der Waals surface area contributed by atoms with Crippen molar-refractivity contribution in [1.29, 1.82) is 0 Å². The number of Topliss-reactive ketones (excluding diaryl/α,β-unsaturated/α-hetero) is 1. The highest BCUT2D eigenvalue weighted by molar-refractivity contribution is 7.99. The smallest absolute Gasteiger partial charge is 0.172 e. The van der Waals surface area contributed by atoms with Crippen LogP contribution in [0.15, 0.2) is 40.6 Å². The summed E-state index contributed by atoms with van der Waals surface area (Å²) in [6, 6.07) is 7.52. The van der Waals surface area contributed by atoms with E-state index in [2.05, 4.69) is 0 Å². The SMILES string of the molecule is O=C(CCCSc1ccc(F)c(F)c1)c1cccs1. The van der Waals surface area contributed by atoms with Crippen molar-refractivity contribution in [3.05, 3.63) is 52.2 Å². The molecule has 0 saturated carbocycles. The minimum atomic E-state index is -0.836. The fourth-order valence-electron chi connectivity index (χ4n) is 1.55. The van der Waals surface area contributed by atoms with E-state index < -0.39 is 11.6 Å². The van der Waals surface area contributed by atoms with Crippen LogP contribution in [0.1, 0.15) is 22.5 Å². The number of benzene rings is 1. The van der Waals surface area contributed by atoms with Gasteiger partial charge < -0.3 is 0 Å². The number of carbonyl (C=O) groups is 1. The summed E-state index contributed by atoms with van der Waals surface area (Å²) in [7, 11) is 0. The second-order valence-electron chi connectivity index (χ2n) is 3.93. The van der Waals surface area contributed by atoms with Crippen molar-refractivity contribution in [1.82, 2.24) is 0 Å². The van der Waals surface area contributed by atoms with Crippen LogP contribution in [0.2, 0.25) is 0 Å². The molecule has 1 nitrogen and oxygen atoms in total. The standard InChI is InChI=1S/C14H12F2OS2/c15-11-6-5-10(9-12(11)16)18-7-1-3-13(17)14-4-2-8-19-14/h2,4-6,8-9H,1,3,7H2. The second-order valence-corrected chi connectivity index (χ2v) is 6.04. The average molecular weight is 298 g/mol. The molecule has 1 aromatic heterocycles. The fraction of sp³-hybridized carbons (Fsp3) is 0.214. The number of thioether (sulfide) groups is 1. The van der Waals surface area contributed by atoms with Crippen LogP contribution in [0.5, 0.6) is 0 Å². The van der Waals surface area contributed by atoms with Gasteiger partial charge in [0.1, 0.15) is 0 Å². The zero-order valence-electron chi connectivity index (χ0n) is 10.1. The van der Waals surface area contributed by atoms with Crippen LogP contribution in [-0.2, 0) is 0 Å². The Bertz CT molecular complexity index is 553. The molecule has 1 heterocycles. The van der Waals surface area contributed by atoms with Gasteiger partial charge >= 0.3 is 0 Å². The lowest BCUT2D eigenvalue weighted by Crippen LogP contribution is -1.96. The maximum Gasteiger partial charge on any atom is 0.172 e. The molecule has 0 saturated heterocycles. The lowest BCUT2D eigenvalue weighted by atomic mass is 10.2. The molecule has 0 aliphatic carbocycles. The summed E-state index contributed by atoms with van der Waals surface area (Å²) in [6.45, 7) is 0. The van der Waals surface area contributed by atoms with Gasteiger partial charge in [-0.05, 0) is 41.8 Å². The molecule has 0 bridgehead atoms. The van der Waals surface area contributed by atoms with E-state index in [0.29, 0.717) is 17.1 Å². The summed E-state index contributed by atoms with van der Waals surface area (Å²) >= 11 is 2.87. The number of carbonyl (C=O) groups excluding carboxylic acids is 1. The van der Waals surface area contributed by atoms with Gasteiger partial charge in [0, 0.05) is 11.3 Å². The molecule has 19 heavy (non-hydrogen) atoms. The maximum absolute atomic E-state index is 13.0. The molecular formula is C14H12F2OS2. The quantitative estimate of drug-likeness (QED) is 0.433. The third-order valence-electron chi connectivity index (χ3n) is 2.50. The topological polar surface area (TPSA) is 17.1 Å². The minimum Gasteiger partial charge on any atom is -0.293 e. The number of thiophene rings is 1. The summed E-state index contributed by atoms with van der Waals surface area (Å²) in [6.07, 6.45) is 1.21. The second kappa shape index (κ2) is 6.82. The molecule has 0 N–H and O–H groups in total. The van der Waals surface area contributed by atoms with Gasteiger partial charge in [-0.3, -0.25) is 4.79 Å². The lowest BCUT2D eigenvalue weighted by molar-refractivity contribution is 0.0986. The van der Waals surface area contributed by atoms with Crippen LogP contribution in [0.4, 0.5) is 8.78 Å². The van der Waals surface area contributed by atoms with E-state index in [1.807, 2.05) is 17.5 Å². The van der Waals surface area contributed by atoms with E-state index in [4.69, 9.17) is 0 Å². The predicted octanol–water partition coefficient (Wildman–Crippen LogP) is 4.78. The number of hydrogen-bond acceptors (Lipinski definition) is 3. The molecule has 0 atom stereocenters.